The summed E-state index contributed by atoms with van der Waals surface area (Å²) in [5.41, 5.74) is 2.03. The van der Waals surface area contributed by atoms with Crippen LogP contribution in [0.2, 0.25) is 0 Å². The van der Waals surface area contributed by atoms with Gasteiger partial charge < -0.3 is 24.0 Å². The minimum absolute atomic E-state index is 0. The van der Waals surface area contributed by atoms with Gasteiger partial charge in [-0.1, -0.05) is 18.2 Å². The van der Waals surface area contributed by atoms with Crippen LogP contribution >= 0.6 is 24.0 Å². The number of nitrogens with one attached hydrogen (secondary N) is 1. The van der Waals surface area contributed by atoms with Gasteiger partial charge >= 0.3 is 0 Å². The van der Waals surface area contributed by atoms with Crippen molar-refractivity contribution in [3.05, 3.63) is 59.7 Å². The van der Waals surface area contributed by atoms with E-state index in [1.54, 1.807) is 12.1 Å². The highest BCUT2D eigenvalue weighted by atomic mass is 127. The van der Waals surface area contributed by atoms with Gasteiger partial charge in [0.2, 0.25) is 0 Å². The summed E-state index contributed by atoms with van der Waals surface area (Å²) >= 11 is 0. The van der Waals surface area contributed by atoms with Gasteiger partial charge in [0.05, 0.1) is 6.26 Å². The zero-order valence-corrected chi connectivity index (χ0v) is 19.6. The highest BCUT2D eigenvalue weighted by molar-refractivity contribution is 14.0. The van der Waals surface area contributed by atoms with Gasteiger partial charge in [0.15, 0.2) is 11.7 Å². The molecular weight excluding hydrogens is 495 g/mol. The SMILES string of the molecule is CCNC(=NCc1oc2ccccc2c1C)N1CCN(C(=O)c2ccco2)CC1.I. The molecule has 160 valence electrons. The summed E-state index contributed by atoms with van der Waals surface area (Å²) in [6.45, 7) is 8.09. The molecule has 1 aliphatic rings. The molecule has 0 radical (unpaired) electrons. The van der Waals surface area contributed by atoms with Gasteiger partial charge in [-0.25, -0.2) is 4.99 Å². The van der Waals surface area contributed by atoms with E-state index < -0.39 is 0 Å². The maximum atomic E-state index is 12.5. The molecule has 1 amide bonds. The number of guanidine groups is 1. The lowest BCUT2D eigenvalue weighted by Gasteiger charge is -2.36. The van der Waals surface area contributed by atoms with Crippen molar-refractivity contribution in [2.45, 2.75) is 20.4 Å². The van der Waals surface area contributed by atoms with Crippen molar-refractivity contribution in [1.82, 2.24) is 15.1 Å². The van der Waals surface area contributed by atoms with Gasteiger partial charge in [-0.2, -0.15) is 0 Å². The van der Waals surface area contributed by atoms with E-state index in [1.165, 1.54) is 6.26 Å². The van der Waals surface area contributed by atoms with E-state index in [4.69, 9.17) is 13.8 Å². The summed E-state index contributed by atoms with van der Waals surface area (Å²) < 4.78 is 11.2. The molecule has 1 aliphatic heterocycles. The molecule has 2 aromatic heterocycles. The van der Waals surface area contributed by atoms with Crippen molar-refractivity contribution in [2.24, 2.45) is 4.99 Å². The maximum absolute atomic E-state index is 12.5. The molecule has 0 aliphatic carbocycles. The minimum atomic E-state index is -0.0607. The van der Waals surface area contributed by atoms with Gasteiger partial charge in [-0.05, 0) is 32.0 Å². The molecule has 0 atom stereocenters. The molecule has 30 heavy (non-hydrogen) atoms. The summed E-state index contributed by atoms with van der Waals surface area (Å²) in [7, 11) is 0. The molecule has 8 heteroatoms. The van der Waals surface area contributed by atoms with Crippen LogP contribution in [0.5, 0.6) is 0 Å². The second-order valence-electron chi connectivity index (χ2n) is 7.07. The Bertz CT molecular complexity index is 1000. The number of hydrogen-bond acceptors (Lipinski definition) is 4. The van der Waals surface area contributed by atoms with Crippen molar-refractivity contribution < 1.29 is 13.6 Å². The molecule has 1 aromatic carbocycles. The molecule has 1 fully saturated rings. The first-order chi connectivity index (χ1) is 14.2. The van der Waals surface area contributed by atoms with Crippen molar-refractivity contribution in [3.63, 3.8) is 0 Å². The van der Waals surface area contributed by atoms with Crippen LogP contribution in [0, 0.1) is 6.92 Å². The van der Waals surface area contributed by atoms with E-state index in [0.29, 0.717) is 25.4 Å². The molecule has 7 nitrogen and oxygen atoms in total. The number of amides is 1. The molecule has 0 unspecified atom stereocenters. The first-order valence-corrected chi connectivity index (χ1v) is 10.0. The van der Waals surface area contributed by atoms with Crippen molar-refractivity contribution >= 4 is 46.8 Å². The Balaban J connectivity index is 0.00000256. The number of fused-ring (bicyclic) bond motifs is 1. The highest BCUT2D eigenvalue weighted by Gasteiger charge is 2.25. The fourth-order valence-corrected chi connectivity index (χ4v) is 3.63. The normalized spacial score (nSPS) is 14.7. The summed E-state index contributed by atoms with van der Waals surface area (Å²) in [6, 6.07) is 11.5. The van der Waals surface area contributed by atoms with E-state index in [0.717, 1.165) is 47.9 Å². The number of carbonyl (C=O) groups excluding carboxylic acids is 1. The van der Waals surface area contributed by atoms with E-state index in [9.17, 15) is 4.79 Å². The minimum Gasteiger partial charge on any atom is -0.459 e. The van der Waals surface area contributed by atoms with Gasteiger partial charge in [-0.3, -0.25) is 4.79 Å². The number of benzene rings is 1. The fraction of sp³-hybridized carbons (Fsp3) is 0.364. The summed E-state index contributed by atoms with van der Waals surface area (Å²) in [5, 5.41) is 4.49. The first kappa shape index (κ1) is 22.2. The zero-order valence-electron chi connectivity index (χ0n) is 17.3. The van der Waals surface area contributed by atoms with Crippen LogP contribution in [-0.4, -0.2) is 54.4 Å². The Morgan fingerprint density at radius 2 is 1.83 bits per heavy atom. The fourth-order valence-electron chi connectivity index (χ4n) is 3.63. The monoisotopic (exact) mass is 522 g/mol. The average Bonchev–Trinajstić information content (AvgIpc) is 3.40. The van der Waals surface area contributed by atoms with E-state index in [2.05, 4.69) is 30.1 Å². The Morgan fingerprint density at radius 1 is 1.10 bits per heavy atom. The number of piperazine rings is 1. The molecule has 0 saturated carbocycles. The average molecular weight is 522 g/mol. The highest BCUT2D eigenvalue weighted by Crippen LogP contribution is 2.25. The van der Waals surface area contributed by atoms with Crippen LogP contribution in [0.15, 0.2) is 56.5 Å². The number of hydrogen-bond donors (Lipinski definition) is 1. The summed E-state index contributed by atoms with van der Waals surface area (Å²) in [6.07, 6.45) is 1.53. The second kappa shape index (κ2) is 10.0. The largest absolute Gasteiger partial charge is 0.459 e. The van der Waals surface area contributed by atoms with Gasteiger partial charge in [0, 0.05) is 43.7 Å². The standard InChI is InChI=1S/C22H26N4O3.HI/c1-3-23-22(24-15-20-16(2)17-7-4-5-8-18(17)29-20)26-12-10-25(11-13-26)21(27)19-9-6-14-28-19;/h4-9,14H,3,10-13,15H2,1-2H3,(H,23,24);1H. The van der Waals surface area contributed by atoms with Crippen LogP contribution in [0.4, 0.5) is 0 Å². The number of halogens is 1. The molecule has 3 aromatic rings. The number of nitrogens with zero attached hydrogens (tertiary/aromatic N) is 3. The van der Waals surface area contributed by atoms with Gasteiger partial charge in [0.25, 0.3) is 5.91 Å². The summed E-state index contributed by atoms with van der Waals surface area (Å²) in [5.74, 6) is 2.06. The maximum Gasteiger partial charge on any atom is 0.289 e. The number of furan rings is 2. The summed E-state index contributed by atoms with van der Waals surface area (Å²) in [4.78, 5) is 21.3. The number of para-hydroxylation sites is 1. The van der Waals surface area contributed by atoms with Crippen molar-refractivity contribution in [3.8, 4) is 0 Å². The lowest BCUT2D eigenvalue weighted by Crippen LogP contribution is -2.53. The quantitative estimate of drug-likeness (QED) is 0.320. The predicted molar refractivity (Wildman–Crippen MR) is 127 cm³/mol. The van der Waals surface area contributed by atoms with Crippen LogP contribution < -0.4 is 5.32 Å². The molecule has 0 spiro atoms. The lowest BCUT2D eigenvalue weighted by atomic mass is 10.1. The van der Waals surface area contributed by atoms with E-state index in [1.807, 2.05) is 23.1 Å². The molecule has 1 saturated heterocycles. The zero-order chi connectivity index (χ0) is 20.2. The second-order valence-corrected chi connectivity index (χ2v) is 7.07. The molecule has 3 heterocycles. The van der Waals surface area contributed by atoms with E-state index >= 15 is 0 Å². The van der Waals surface area contributed by atoms with Crippen LogP contribution in [0.25, 0.3) is 11.0 Å². The number of rotatable bonds is 4. The van der Waals surface area contributed by atoms with Gasteiger partial charge in [0.1, 0.15) is 17.9 Å². The molecule has 0 bridgehead atoms. The third-order valence-corrected chi connectivity index (χ3v) is 5.25. The van der Waals surface area contributed by atoms with E-state index in [-0.39, 0.29) is 29.9 Å². The smallest absolute Gasteiger partial charge is 0.289 e. The number of aryl methyl sites for hydroxylation is 1. The van der Waals surface area contributed by atoms with Crippen LogP contribution in [0.3, 0.4) is 0 Å². The topological polar surface area (TPSA) is 74.2 Å². The van der Waals surface area contributed by atoms with Crippen molar-refractivity contribution in [1.29, 1.82) is 0 Å². The number of carbonyl (C=O) groups is 1. The van der Waals surface area contributed by atoms with Crippen LogP contribution in [-0.2, 0) is 6.54 Å². The molecule has 1 N–H and O–H groups in total. The Hall–Kier alpha value is -2.49. The van der Waals surface area contributed by atoms with Crippen molar-refractivity contribution in [2.75, 3.05) is 32.7 Å². The Labute approximate surface area is 193 Å². The third kappa shape index (κ3) is 4.63. The van der Waals surface area contributed by atoms with Gasteiger partial charge in [-0.15, -0.1) is 24.0 Å². The lowest BCUT2D eigenvalue weighted by molar-refractivity contribution is 0.0657. The number of aliphatic imine (C=N–C) groups is 1. The Kier molecular flexibility index (Phi) is 7.41. The predicted octanol–water partition coefficient (Wildman–Crippen LogP) is 3.88. The molecule has 4 rings (SSSR count). The molecular formula is C22H27IN4O3. The first-order valence-electron chi connectivity index (χ1n) is 10.0. The van der Waals surface area contributed by atoms with Crippen LogP contribution in [0.1, 0.15) is 28.8 Å². The Morgan fingerprint density at radius 3 is 2.50 bits per heavy atom. The third-order valence-electron chi connectivity index (χ3n) is 5.25.